The van der Waals surface area contributed by atoms with Crippen molar-refractivity contribution < 1.29 is 9.90 Å². The second kappa shape index (κ2) is 5.82. The lowest BCUT2D eigenvalue weighted by Gasteiger charge is -2.27. The molecule has 2 atom stereocenters. The van der Waals surface area contributed by atoms with Gasteiger partial charge in [0.05, 0.1) is 6.10 Å². The lowest BCUT2D eigenvalue weighted by atomic mass is 9.86. The molecule has 1 aromatic carbocycles. The number of nitrogens with one attached hydrogen (secondary N) is 1. The second-order valence-corrected chi connectivity index (χ2v) is 4.69. The van der Waals surface area contributed by atoms with Gasteiger partial charge in [-0.05, 0) is 25.0 Å². The first-order valence-corrected chi connectivity index (χ1v) is 6.28. The predicted molar refractivity (Wildman–Crippen MR) is 66.7 cm³/mol. The molecule has 3 heteroatoms. The van der Waals surface area contributed by atoms with E-state index in [0.717, 1.165) is 25.7 Å². The summed E-state index contributed by atoms with van der Waals surface area (Å²) < 4.78 is 0. The van der Waals surface area contributed by atoms with Crippen LogP contribution in [0.5, 0.6) is 0 Å². The third kappa shape index (κ3) is 3.30. The highest BCUT2D eigenvalue weighted by Gasteiger charge is 2.23. The van der Waals surface area contributed by atoms with Crippen molar-refractivity contribution in [1.82, 2.24) is 5.32 Å². The van der Waals surface area contributed by atoms with Gasteiger partial charge < -0.3 is 10.4 Å². The van der Waals surface area contributed by atoms with Crippen molar-refractivity contribution in [3.63, 3.8) is 0 Å². The Balaban J connectivity index is 1.84. The maximum absolute atomic E-state index is 11.8. The number of amides is 1. The van der Waals surface area contributed by atoms with Crippen LogP contribution in [0.25, 0.3) is 0 Å². The maximum atomic E-state index is 11.8. The minimum atomic E-state index is -0.250. The Hall–Kier alpha value is -1.35. The number of aliphatic hydroxyl groups excluding tert-OH is 1. The minimum Gasteiger partial charge on any atom is -0.393 e. The summed E-state index contributed by atoms with van der Waals surface area (Å²) in [6, 6.07) is 9.19. The molecule has 0 aliphatic heterocycles. The number of carbonyl (C=O) groups is 1. The quantitative estimate of drug-likeness (QED) is 0.838. The summed E-state index contributed by atoms with van der Waals surface area (Å²) in [6.07, 6.45) is 3.88. The SMILES string of the molecule is O=C(NC[C@H]1CCCC[C@H]1O)c1ccccc1. The Kier molecular flexibility index (Phi) is 4.15. The molecule has 0 saturated heterocycles. The van der Waals surface area contributed by atoms with E-state index in [0.29, 0.717) is 12.1 Å². The predicted octanol–water partition coefficient (Wildman–Crippen LogP) is 1.97. The number of rotatable bonds is 3. The summed E-state index contributed by atoms with van der Waals surface area (Å²) >= 11 is 0. The molecule has 0 unspecified atom stereocenters. The van der Waals surface area contributed by atoms with Gasteiger partial charge in [0.2, 0.25) is 0 Å². The summed E-state index contributed by atoms with van der Waals surface area (Å²) in [7, 11) is 0. The van der Waals surface area contributed by atoms with Gasteiger partial charge in [0.15, 0.2) is 0 Å². The normalized spacial score (nSPS) is 24.3. The standard InChI is InChI=1S/C14H19NO2/c16-13-9-5-4-8-12(13)10-15-14(17)11-6-2-1-3-7-11/h1-3,6-7,12-13,16H,4-5,8-10H2,(H,15,17)/t12-,13-/m1/s1. The Morgan fingerprint density at radius 2 is 1.94 bits per heavy atom. The molecule has 1 fully saturated rings. The molecular formula is C14H19NO2. The first-order chi connectivity index (χ1) is 8.27. The van der Waals surface area contributed by atoms with Crippen LogP contribution in [0.1, 0.15) is 36.0 Å². The van der Waals surface area contributed by atoms with Crippen LogP contribution in [0, 0.1) is 5.92 Å². The van der Waals surface area contributed by atoms with Crippen LogP contribution in [0.4, 0.5) is 0 Å². The minimum absolute atomic E-state index is 0.0524. The zero-order valence-corrected chi connectivity index (χ0v) is 9.93. The van der Waals surface area contributed by atoms with Gasteiger partial charge >= 0.3 is 0 Å². The van der Waals surface area contributed by atoms with Crippen molar-refractivity contribution in [2.24, 2.45) is 5.92 Å². The molecule has 0 spiro atoms. The summed E-state index contributed by atoms with van der Waals surface area (Å²) in [5.74, 6) is 0.166. The molecule has 0 bridgehead atoms. The molecule has 1 aromatic rings. The second-order valence-electron chi connectivity index (χ2n) is 4.69. The molecule has 1 aliphatic carbocycles. The van der Waals surface area contributed by atoms with Crippen LogP contribution in [0.2, 0.25) is 0 Å². The van der Waals surface area contributed by atoms with Crippen LogP contribution < -0.4 is 5.32 Å². The van der Waals surface area contributed by atoms with Crippen molar-refractivity contribution in [2.45, 2.75) is 31.8 Å². The first kappa shape index (κ1) is 12.1. The molecule has 1 aliphatic rings. The van der Waals surface area contributed by atoms with Gasteiger partial charge in [-0.1, -0.05) is 31.0 Å². The molecule has 1 amide bonds. The van der Waals surface area contributed by atoms with Gasteiger partial charge in [0.25, 0.3) is 5.91 Å². The van der Waals surface area contributed by atoms with E-state index in [1.807, 2.05) is 18.2 Å². The Morgan fingerprint density at radius 1 is 1.24 bits per heavy atom. The zero-order valence-electron chi connectivity index (χ0n) is 9.93. The van der Waals surface area contributed by atoms with E-state index in [9.17, 15) is 9.90 Å². The lowest BCUT2D eigenvalue weighted by molar-refractivity contribution is 0.0663. The molecule has 2 rings (SSSR count). The molecule has 3 nitrogen and oxygen atoms in total. The highest BCUT2D eigenvalue weighted by molar-refractivity contribution is 5.94. The van der Waals surface area contributed by atoms with E-state index in [-0.39, 0.29) is 17.9 Å². The van der Waals surface area contributed by atoms with Crippen molar-refractivity contribution in [3.8, 4) is 0 Å². The molecule has 17 heavy (non-hydrogen) atoms. The van der Waals surface area contributed by atoms with Gasteiger partial charge in [0, 0.05) is 18.0 Å². The summed E-state index contributed by atoms with van der Waals surface area (Å²) in [5, 5.41) is 12.7. The molecule has 0 radical (unpaired) electrons. The fraction of sp³-hybridized carbons (Fsp3) is 0.500. The largest absolute Gasteiger partial charge is 0.393 e. The van der Waals surface area contributed by atoms with Gasteiger partial charge in [-0.15, -0.1) is 0 Å². The number of benzene rings is 1. The van der Waals surface area contributed by atoms with E-state index >= 15 is 0 Å². The lowest BCUT2D eigenvalue weighted by Crippen LogP contribution is -2.36. The van der Waals surface area contributed by atoms with Gasteiger partial charge in [-0.2, -0.15) is 0 Å². The number of carbonyl (C=O) groups excluding carboxylic acids is 1. The molecular weight excluding hydrogens is 214 g/mol. The van der Waals surface area contributed by atoms with Crippen molar-refractivity contribution in [2.75, 3.05) is 6.54 Å². The molecule has 0 aromatic heterocycles. The highest BCUT2D eigenvalue weighted by Crippen LogP contribution is 2.23. The number of hydrogen-bond donors (Lipinski definition) is 2. The summed E-state index contributed by atoms with van der Waals surface area (Å²) in [6.45, 7) is 0.578. The van der Waals surface area contributed by atoms with E-state index in [4.69, 9.17) is 0 Å². The fourth-order valence-electron chi connectivity index (χ4n) is 2.34. The summed E-state index contributed by atoms with van der Waals surface area (Å²) in [5.41, 5.74) is 0.679. The van der Waals surface area contributed by atoms with Crippen LogP contribution in [-0.2, 0) is 0 Å². The van der Waals surface area contributed by atoms with Crippen LogP contribution >= 0.6 is 0 Å². The number of aliphatic hydroxyl groups is 1. The monoisotopic (exact) mass is 233 g/mol. The molecule has 1 saturated carbocycles. The Labute approximate surface area is 102 Å². The summed E-state index contributed by atoms with van der Waals surface area (Å²) in [4.78, 5) is 11.8. The zero-order chi connectivity index (χ0) is 12.1. The fourth-order valence-corrected chi connectivity index (χ4v) is 2.34. The molecule has 0 heterocycles. The third-order valence-corrected chi connectivity index (χ3v) is 3.43. The Morgan fingerprint density at radius 3 is 2.65 bits per heavy atom. The average molecular weight is 233 g/mol. The third-order valence-electron chi connectivity index (χ3n) is 3.43. The van der Waals surface area contributed by atoms with Crippen molar-refractivity contribution in [3.05, 3.63) is 35.9 Å². The van der Waals surface area contributed by atoms with Gasteiger partial charge in [-0.25, -0.2) is 0 Å². The van der Waals surface area contributed by atoms with Gasteiger partial charge in [0.1, 0.15) is 0 Å². The smallest absolute Gasteiger partial charge is 0.251 e. The van der Waals surface area contributed by atoms with E-state index in [2.05, 4.69) is 5.32 Å². The molecule has 92 valence electrons. The Bertz CT molecular complexity index is 364. The van der Waals surface area contributed by atoms with Crippen molar-refractivity contribution in [1.29, 1.82) is 0 Å². The van der Waals surface area contributed by atoms with E-state index in [1.165, 1.54) is 0 Å². The first-order valence-electron chi connectivity index (χ1n) is 6.28. The average Bonchev–Trinajstić information content (AvgIpc) is 2.38. The van der Waals surface area contributed by atoms with E-state index < -0.39 is 0 Å². The molecule has 2 N–H and O–H groups in total. The maximum Gasteiger partial charge on any atom is 0.251 e. The van der Waals surface area contributed by atoms with Crippen LogP contribution in [0.3, 0.4) is 0 Å². The van der Waals surface area contributed by atoms with Crippen LogP contribution in [0.15, 0.2) is 30.3 Å². The van der Waals surface area contributed by atoms with Gasteiger partial charge in [-0.3, -0.25) is 4.79 Å². The van der Waals surface area contributed by atoms with Crippen molar-refractivity contribution >= 4 is 5.91 Å². The number of hydrogen-bond acceptors (Lipinski definition) is 2. The van der Waals surface area contributed by atoms with E-state index in [1.54, 1.807) is 12.1 Å². The topological polar surface area (TPSA) is 49.3 Å². The van der Waals surface area contributed by atoms with Crippen LogP contribution in [-0.4, -0.2) is 23.7 Å². The highest BCUT2D eigenvalue weighted by atomic mass is 16.3.